The maximum Gasteiger partial charge on any atom is 0.236 e. The average molecular weight is 174 g/mol. The Morgan fingerprint density at radius 3 is 2.50 bits per heavy atom. The van der Waals surface area contributed by atoms with Crippen LogP contribution >= 0.6 is 0 Å². The van der Waals surface area contributed by atoms with Gasteiger partial charge in [-0.25, -0.2) is 0 Å². The lowest BCUT2D eigenvalue weighted by molar-refractivity contribution is -0.122. The Labute approximate surface area is 73.3 Å². The maximum atomic E-state index is 11.1. The number of carbonyl (C=O) groups excluding carboxylic acids is 1. The van der Waals surface area contributed by atoms with Crippen LogP contribution in [-0.4, -0.2) is 36.2 Å². The summed E-state index contributed by atoms with van der Waals surface area (Å²) in [6.07, 6.45) is -0.415. The van der Waals surface area contributed by atoms with Gasteiger partial charge in [0.15, 0.2) is 0 Å². The number of hydrogen-bond acceptors (Lipinski definition) is 3. The normalized spacial score (nSPS) is 15.3. The first-order chi connectivity index (χ1) is 5.57. The van der Waals surface area contributed by atoms with Crippen molar-refractivity contribution in [3.8, 4) is 0 Å². The molecule has 4 nitrogen and oxygen atoms in total. The molecule has 0 aromatic rings. The van der Waals surface area contributed by atoms with Gasteiger partial charge in [0.05, 0.1) is 12.1 Å². The van der Waals surface area contributed by atoms with Crippen LogP contribution in [0.25, 0.3) is 0 Å². The molecule has 3 N–H and O–H groups in total. The van der Waals surface area contributed by atoms with Gasteiger partial charge in [-0.2, -0.15) is 0 Å². The lowest BCUT2D eigenvalue weighted by Gasteiger charge is -2.13. The maximum absolute atomic E-state index is 11.1. The number of nitrogens with one attached hydrogen (secondary N) is 2. The molecule has 0 aliphatic heterocycles. The Morgan fingerprint density at radius 2 is 2.08 bits per heavy atom. The molecule has 0 heterocycles. The Bertz CT molecular complexity index is 137. The van der Waals surface area contributed by atoms with Crippen LogP contribution in [0.15, 0.2) is 0 Å². The first-order valence-electron chi connectivity index (χ1n) is 4.27. The minimum atomic E-state index is -0.415. The standard InChI is InChI=1S/C8H18N2O2/c1-4-9-8(12)7(3)10-5-6(2)11/h6-7,10-11H,4-5H2,1-3H3,(H,9,12)/t6-,7?/m1/s1. The Hall–Kier alpha value is -0.610. The van der Waals surface area contributed by atoms with Crippen molar-refractivity contribution in [3.63, 3.8) is 0 Å². The molecular weight excluding hydrogens is 156 g/mol. The molecule has 0 fully saturated rings. The highest BCUT2D eigenvalue weighted by Gasteiger charge is 2.10. The van der Waals surface area contributed by atoms with Gasteiger partial charge >= 0.3 is 0 Å². The largest absolute Gasteiger partial charge is 0.392 e. The molecule has 0 aromatic carbocycles. The summed E-state index contributed by atoms with van der Waals surface area (Å²) in [5, 5.41) is 14.5. The Balaban J connectivity index is 3.56. The van der Waals surface area contributed by atoms with Crippen LogP contribution in [-0.2, 0) is 4.79 Å². The summed E-state index contributed by atoms with van der Waals surface area (Å²) in [5.41, 5.74) is 0. The molecule has 4 heteroatoms. The molecule has 1 unspecified atom stereocenters. The van der Waals surface area contributed by atoms with Crippen LogP contribution < -0.4 is 10.6 Å². The minimum absolute atomic E-state index is 0.0295. The first-order valence-corrected chi connectivity index (χ1v) is 4.27. The van der Waals surface area contributed by atoms with Crippen molar-refractivity contribution in [2.45, 2.75) is 32.9 Å². The first kappa shape index (κ1) is 11.4. The van der Waals surface area contributed by atoms with Crippen LogP contribution in [0, 0.1) is 0 Å². The van der Waals surface area contributed by atoms with E-state index in [4.69, 9.17) is 5.11 Å². The number of likely N-dealkylation sites (N-methyl/N-ethyl adjacent to an activating group) is 1. The summed E-state index contributed by atoms with van der Waals surface area (Å²) in [7, 11) is 0. The lowest BCUT2D eigenvalue weighted by Crippen LogP contribution is -2.44. The van der Waals surface area contributed by atoms with E-state index in [0.29, 0.717) is 13.1 Å². The highest BCUT2D eigenvalue weighted by Crippen LogP contribution is 1.83. The average Bonchev–Trinajstić information content (AvgIpc) is 2.00. The number of carbonyl (C=O) groups is 1. The van der Waals surface area contributed by atoms with E-state index in [-0.39, 0.29) is 11.9 Å². The molecule has 0 aromatic heterocycles. The third kappa shape index (κ3) is 5.09. The van der Waals surface area contributed by atoms with Crippen molar-refractivity contribution < 1.29 is 9.90 Å². The van der Waals surface area contributed by atoms with Crippen molar-refractivity contribution >= 4 is 5.91 Å². The van der Waals surface area contributed by atoms with Crippen LogP contribution in [0.1, 0.15) is 20.8 Å². The van der Waals surface area contributed by atoms with E-state index >= 15 is 0 Å². The van der Waals surface area contributed by atoms with E-state index in [1.807, 2.05) is 6.92 Å². The second kappa shape index (κ2) is 5.97. The fourth-order valence-corrected chi connectivity index (χ4v) is 0.767. The van der Waals surface area contributed by atoms with Gasteiger partial charge in [-0.15, -0.1) is 0 Å². The number of amides is 1. The predicted molar refractivity (Wildman–Crippen MR) is 47.8 cm³/mol. The van der Waals surface area contributed by atoms with Crippen LogP contribution in [0.4, 0.5) is 0 Å². The summed E-state index contributed by atoms with van der Waals surface area (Å²) in [5.74, 6) is -0.0295. The van der Waals surface area contributed by atoms with E-state index in [1.165, 1.54) is 0 Å². The number of aliphatic hydroxyl groups excluding tert-OH is 1. The number of rotatable bonds is 5. The summed E-state index contributed by atoms with van der Waals surface area (Å²) in [6, 6.07) is -0.237. The zero-order valence-corrected chi connectivity index (χ0v) is 7.92. The van der Waals surface area contributed by atoms with Gasteiger partial charge in [0.1, 0.15) is 0 Å². The van der Waals surface area contributed by atoms with E-state index in [9.17, 15) is 4.79 Å². The zero-order valence-electron chi connectivity index (χ0n) is 7.92. The van der Waals surface area contributed by atoms with E-state index in [2.05, 4.69) is 10.6 Å². The summed E-state index contributed by atoms with van der Waals surface area (Å²) < 4.78 is 0. The van der Waals surface area contributed by atoms with Crippen molar-refractivity contribution in [1.82, 2.24) is 10.6 Å². The van der Waals surface area contributed by atoms with Crippen molar-refractivity contribution in [1.29, 1.82) is 0 Å². The second-order valence-electron chi connectivity index (χ2n) is 2.87. The minimum Gasteiger partial charge on any atom is -0.392 e. The molecule has 0 saturated carbocycles. The topological polar surface area (TPSA) is 61.4 Å². The molecule has 1 amide bonds. The molecule has 0 aliphatic carbocycles. The Kier molecular flexibility index (Phi) is 5.66. The predicted octanol–water partition coefficient (Wildman–Crippen LogP) is -0.519. The molecule has 0 aliphatic rings. The van der Waals surface area contributed by atoms with Crippen LogP contribution in [0.2, 0.25) is 0 Å². The van der Waals surface area contributed by atoms with Crippen LogP contribution in [0.5, 0.6) is 0 Å². The van der Waals surface area contributed by atoms with Crippen molar-refractivity contribution in [2.24, 2.45) is 0 Å². The molecular formula is C8H18N2O2. The molecule has 12 heavy (non-hydrogen) atoms. The van der Waals surface area contributed by atoms with E-state index < -0.39 is 6.10 Å². The van der Waals surface area contributed by atoms with E-state index in [0.717, 1.165) is 0 Å². The fraction of sp³-hybridized carbons (Fsp3) is 0.875. The fourth-order valence-electron chi connectivity index (χ4n) is 0.767. The van der Waals surface area contributed by atoms with Crippen molar-refractivity contribution in [2.75, 3.05) is 13.1 Å². The zero-order chi connectivity index (χ0) is 9.56. The monoisotopic (exact) mass is 174 g/mol. The van der Waals surface area contributed by atoms with Crippen molar-refractivity contribution in [3.05, 3.63) is 0 Å². The van der Waals surface area contributed by atoms with Gasteiger partial charge in [0, 0.05) is 13.1 Å². The molecule has 72 valence electrons. The quantitative estimate of drug-likeness (QED) is 0.525. The Morgan fingerprint density at radius 1 is 1.50 bits per heavy atom. The van der Waals surface area contributed by atoms with Gasteiger partial charge in [-0.1, -0.05) is 0 Å². The molecule has 0 bridgehead atoms. The van der Waals surface area contributed by atoms with Crippen LogP contribution in [0.3, 0.4) is 0 Å². The van der Waals surface area contributed by atoms with E-state index in [1.54, 1.807) is 13.8 Å². The summed E-state index contributed by atoms with van der Waals surface area (Å²) in [4.78, 5) is 11.1. The number of aliphatic hydroxyl groups is 1. The number of hydrogen-bond donors (Lipinski definition) is 3. The summed E-state index contributed by atoms with van der Waals surface area (Å²) >= 11 is 0. The molecule has 2 atom stereocenters. The second-order valence-corrected chi connectivity index (χ2v) is 2.87. The lowest BCUT2D eigenvalue weighted by atomic mass is 10.3. The molecule has 0 spiro atoms. The third-order valence-corrected chi connectivity index (χ3v) is 1.46. The van der Waals surface area contributed by atoms with Gasteiger partial charge in [0.25, 0.3) is 0 Å². The molecule has 0 rings (SSSR count). The van der Waals surface area contributed by atoms with Gasteiger partial charge in [-0.05, 0) is 20.8 Å². The molecule has 0 radical (unpaired) electrons. The molecule has 0 saturated heterocycles. The summed E-state index contributed by atoms with van der Waals surface area (Å²) in [6.45, 7) is 6.40. The highest BCUT2D eigenvalue weighted by molar-refractivity contribution is 5.81. The van der Waals surface area contributed by atoms with Gasteiger partial charge in [0.2, 0.25) is 5.91 Å². The third-order valence-electron chi connectivity index (χ3n) is 1.46. The smallest absolute Gasteiger partial charge is 0.236 e. The van der Waals surface area contributed by atoms with Gasteiger partial charge in [-0.3, -0.25) is 4.79 Å². The SMILES string of the molecule is CCNC(=O)C(C)NC[C@@H](C)O. The van der Waals surface area contributed by atoms with Gasteiger partial charge < -0.3 is 15.7 Å². The highest BCUT2D eigenvalue weighted by atomic mass is 16.3.